The van der Waals surface area contributed by atoms with Gasteiger partial charge < -0.3 is 9.47 Å². The molecule has 0 N–H and O–H groups in total. The number of rotatable bonds is 4. The first-order valence-electron chi connectivity index (χ1n) is 6.43. The molecule has 0 saturated heterocycles. The molecule has 0 saturated carbocycles. The summed E-state index contributed by atoms with van der Waals surface area (Å²) in [5.41, 5.74) is 0.665. The average molecular weight is 286 g/mol. The summed E-state index contributed by atoms with van der Waals surface area (Å²) in [5.74, 6) is 1.88. The molecule has 4 heteroatoms. The number of carbonyl (C=O) groups is 1. The Morgan fingerprint density at radius 2 is 1.75 bits per heavy atom. The molecular formula is C16H14O3S. The molecule has 1 aliphatic heterocycles. The van der Waals surface area contributed by atoms with Gasteiger partial charge in [0.1, 0.15) is 13.2 Å². The Morgan fingerprint density at radius 1 is 1.00 bits per heavy atom. The van der Waals surface area contributed by atoms with Crippen molar-refractivity contribution in [3.8, 4) is 11.5 Å². The van der Waals surface area contributed by atoms with Crippen molar-refractivity contribution in [3.63, 3.8) is 0 Å². The van der Waals surface area contributed by atoms with Gasteiger partial charge in [-0.15, -0.1) is 11.8 Å². The van der Waals surface area contributed by atoms with Gasteiger partial charge in [0.15, 0.2) is 17.3 Å². The SMILES string of the molecule is O=C(CSc1ccccc1)c1ccc2c(c1)OCCO2. The Kier molecular flexibility index (Phi) is 3.92. The molecule has 0 unspecified atom stereocenters. The van der Waals surface area contributed by atoms with Gasteiger partial charge in [0, 0.05) is 10.5 Å². The predicted octanol–water partition coefficient (Wildman–Crippen LogP) is 3.43. The standard InChI is InChI=1S/C16H14O3S/c17-14(11-20-13-4-2-1-3-5-13)12-6-7-15-16(10-12)19-9-8-18-15/h1-7,10H,8-9,11H2. The zero-order valence-corrected chi connectivity index (χ0v) is 11.7. The van der Waals surface area contributed by atoms with Crippen LogP contribution in [0.5, 0.6) is 11.5 Å². The lowest BCUT2D eigenvalue weighted by Crippen LogP contribution is -2.16. The van der Waals surface area contributed by atoms with Gasteiger partial charge in [0.25, 0.3) is 0 Å². The van der Waals surface area contributed by atoms with E-state index in [4.69, 9.17) is 9.47 Å². The maximum Gasteiger partial charge on any atom is 0.173 e. The van der Waals surface area contributed by atoms with Gasteiger partial charge in [-0.3, -0.25) is 4.79 Å². The maximum absolute atomic E-state index is 12.2. The fourth-order valence-corrected chi connectivity index (χ4v) is 2.78. The second-order valence-corrected chi connectivity index (χ2v) is 5.43. The van der Waals surface area contributed by atoms with Gasteiger partial charge >= 0.3 is 0 Å². The van der Waals surface area contributed by atoms with Crippen LogP contribution in [0.1, 0.15) is 10.4 Å². The molecule has 0 atom stereocenters. The molecule has 0 spiro atoms. The molecular weight excluding hydrogens is 272 g/mol. The molecule has 0 fully saturated rings. The summed E-state index contributed by atoms with van der Waals surface area (Å²) in [4.78, 5) is 13.3. The summed E-state index contributed by atoms with van der Waals surface area (Å²) in [6.45, 7) is 1.09. The van der Waals surface area contributed by atoms with Crippen LogP contribution in [0.25, 0.3) is 0 Å². The van der Waals surface area contributed by atoms with Crippen LogP contribution in [-0.2, 0) is 0 Å². The minimum Gasteiger partial charge on any atom is -0.486 e. The van der Waals surface area contributed by atoms with E-state index in [0.29, 0.717) is 36.0 Å². The summed E-state index contributed by atoms with van der Waals surface area (Å²) in [6, 6.07) is 15.3. The Balaban J connectivity index is 1.68. The van der Waals surface area contributed by atoms with Crippen LogP contribution in [0.2, 0.25) is 0 Å². The fourth-order valence-electron chi connectivity index (χ4n) is 1.97. The van der Waals surface area contributed by atoms with E-state index in [9.17, 15) is 4.79 Å². The van der Waals surface area contributed by atoms with Gasteiger partial charge in [0.05, 0.1) is 5.75 Å². The van der Waals surface area contributed by atoms with E-state index in [1.165, 1.54) is 11.8 Å². The van der Waals surface area contributed by atoms with Crippen molar-refractivity contribution in [2.75, 3.05) is 19.0 Å². The van der Waals surface area contributed by atoms with E-state index in [0.717, 1.165) is 4.90 Å². The summed E-state index contributed by atoms with van der Waals surface area (Å²) in [7, 11) is 0. The molecule has 102 valence electrons. The Hall–Kier alpha value is -1.94. The Morgan fingerprint density at radius 3 is 2.55 bits per heavy atom. The molecule has 3 rings (SSSR count). The van der Waals surface area contributed by atoms with Crippen LogP contribution >= 0.6 is 11.8 Å². The number of benzene rings is 2. The van der Waals surface area contributed by atoms with E-state index in [-0.39, 0.29) is 5.78 Å². The first-order valence-corrected chi connectivity index (χ1v) is 7.42. The van der Waals surface area contributed by atoms with Crippen LogP contribution in [0.4, 0.5) is 0 Å². The van der Waals surface area contributed by atoms with Crippen molar-refractivity contribution in [3.05, 3.63) is 54.1 Å². The van der Waals surface area contributed by atoms with Crippen LogP contribution in [0, 0.1) is 0 Å². The third-order valence-electron chi connectivity index (χ3n) is 2.98. The second kappa shape index (κ2) is 6.01. The molecule has 0 amide bonds. The fraction of sp³-hybridized carbons (Fsp3) is 0.188. The second-order valence-electron chi connectivity index (χ2n) is 4.38. The van der Waals surface area contributed by atoms with Gasteiger partial charge in [0.2, 0.25) is 0 Å². The van der Waals surface area contributed by atoms with Crippen molar-refractivity contribution >= 4 is 17.5 Å². The third kappa shape index (κ3) is 2.96. The number of hydrogen-bond donors (Lipinski definition) is 0. The monoisotopic (exact) mass is 286 g/mol. The van der Waals surface area contributed by atoms with Gasteiger partial charge in [-0.05, 0) is 30.3 Å². The van der Waals surface area contributed by atoms with Crippen molar-refractivity contribution in [1.82, 2.24) is 0 Å². The largest absolute Gasteiger partial charge is 0.486 e. The van der Waals surface area contributed by atoms with Crippen molar-refractivity contribution in [2.24, 2.45) is 0 Å². The van der Waals surface area contributed by atoms with E-state index < -0.39 is 0 Å². The molecule has 0 aromatic heterocycles. The lowest BCUT2D eigenvalue weighted by Gasteiger charge is -2.18. The van der Waals surface area contributed by atoms with E-state index in [2.05, 4.69) is 0 Å². The van der Waals surface area contributed by atoms with Crippen LogP contribution in [-0.4, -0.2) is 24.7 Å². The van der Waals surface area contributed by atoms with E-state index in [1.54, 1.807) is 18.2 Å². The molecule has 0 aliphatic carbocycles. The van der Waals surface area contributed by atoms with Gasteiger partial charge in [-0.2, -0.15) is 0 Å². The Bertz CT molecular complexity index is 610. The number of fused-ring (bicyclic) bond motifs is 1. The highest BCUT2D eigenvalue weighted by Gasteiger charge is 2.15. The summed E-state index contributed by atoms with van der Waals surface area (Å²) in [5, 5.41) is 0. The minimum atomic E-state index is 0.0934. The third-order valence-corrected chi connectivity index (χ3v) is 3.99. The molecule has 0 radical (unpaired) electrons. The number of carbonyl (C=O) groups excluding carboxylic acids is 1. The number of ether oxygens (including phenoxy) is 2. The molecule has 1 heterocycles. The molecule has 3 nitrogen and oxygen atoms in total. The van der Waals surface area contributed by atoms with E-state index >= 15 is 0 Å². The lowest BCUT2D eigenvalue weighted by atomic mass is 10.1. The normalized spacial score (nSPS) is 13.0. The number of Topliss-reactive ketones (excluding diaryl/α,β-unsaturated/α-hetero) is 1. The molecule has 0 bridgehead atoms. The number of thioether (sulfide) groups is 1. The van der Waals surface area contributed by atoms with Gasteiger partial charge in [-0.1, -0.05) is 18.2 Å². The summed E-state index contributed by atoms with van der Waals surface area (Å²) >= 11 is 1.54. The summed E-state index contributed by atoms with van der Waals surface area (Å²) < 4.78 is 10.9. The van der Waals surface area contributed by atoms with Crippen molar-refractivity contribution in [2.45, 2.75) is 4.90 Å². The van der Waals surface area contributed by atoms with Crippen molar-refractivity contribution in [1.29, 1.82) is 0 Å². The minimum absolute atomic E-state index is 0.0934. The van der Waals surface area contributed by atoms with Crippen molar-refractivity contribution < 1.29 is 14.3 Å². The molecule has 2 aromatic rings. The van der Waals surface area contributed by atoms with E-state index in [1.807, 2.05) is 30.3 Å². The van der Waals surface area contributed by atoms with Crippen LogP contribution in [0.3, 0.4) is 0 Å². The lowest BCUT2D eigenvalue weighted by molar-refractivity contribution is 0.102. The highest BCUT2D eigenvalue weighted by molar-refractivity contribution is 8.00. The number of hydrogen-bond acceptors (Lipinski definition) is 4. The quantitative estimate of drug-likeness (QED) is 0.637. The highest BCUT2D eigenvalue weighted by atomic mass is 32.2. The van der Waals surface area contributed by atoms with Crippen LogP contribution < -0.4 is 9.47 Å². The van der Waals surface area contributed by atoms with Crippen LogP contribution in [0.15, 0.2) is 53.4 Å². The highest BCUT2D eigenvalue weighted by Crippen LogP contribution is 2.31. The zero-order chi connectivity index (χ0) is 13.8. The molecule has 1 aliphatic rings. The molecule has 20 heavy (non-hydrogen) atoms. The first kappa shape index (κ1) is 13.1. The Labute approximate surface area is 121 Å². The topological polar surface area (TPSA) is 35.5 Å². The average Bonchev–Trinajstić information content (AvgIpc) is 2.53. The summed E-state index contributed by atoms with van der Waals surface area (Å²) in [6.07, 6.45) is 0. The van der Waals surface area contributed by atoms with Gasteiger partial charge in [-0.25, -0.2) is 0 Å². The predicted molar refractivity (Wildman–Crippen MR) is 78.9 cm³/mol. The number of ketones is 1. The first-order chi connectivity index (χ1) is 9.83. The molecule has 2 aromatic carbocycles. The maximum atomic E-state index is 12.2. The smallest absolute Gasteiger partial charge is 0.173 e. The zero-order valence-electron chi connectivity index (χ0n) is 10.9.